The van der Waals surface area contributed by atoms with Gasteiger partial charge in [0.25, 0.3) is 5.91 Å². The first-order chi connectivity index (χ1) is 8.54. The number of nitrogens with two attached hydrogens (primary N) is 1. The molecule has 0 aromatic carbocycles. The van der Waals surface area contributed by atoms with Crippen LogP contribution >= 0.6 is 0 Å². The van der Waals surface area contributed by atoms with Crippen molar-refractivity contribution in [2.24, 2.45) is 0 Å². The Hall–Kier alpha value is -1.37. The van der Waals surface area contributed by atoms with E-state index in [-0.39, 0.29) is 5.91 Å². The van der Waals surface area contributed by atoms with Gasteiger partial charge in [0, 0.05) is 41.9 Å². The molecule has 0 unspecified atom stereocenters. The Morgan fingerprint density at radius 2 is 2.06 bits per heavy atom. The van der Waals surface area contributed by atoms with E-state index in [2.05, 4.69) is 5.10 Å². The standard InChI is InChI=1S/C11H18N4O2S/c1-3-15-10(9(12)8(2)13-15)11(16)14-4-6-18(17)7-5-14/h3-7,12H2,1-2H3. The summed E-state index contributed by atoms with van der Waals surface area (Å²) in [4.78, 5) is 14.1. The zero-order chi connectivity index (χ0) is 13.3. The highest BCUT2D eigenvalue weighted by atomic mass is 32.2. The van der Waals surface area contributed by atoms with Crippen LogP contribution in [0.3, 0.4) is 0 Å². The molecule has 1 aromatic rings. The number of rotatable bonds is 2. The predicted octanol–water partition coefficient (Wildman–Crippen LogP) is -0.00188. The predicted molar refractivity (Wildman–Crippen MR) is 70.8 cm³/mol. The minimum atomic E-state index is -0.789. The molecule has 7 heteroatoms. The van der Waals surface area contributed by atoms with Crippen molar-refractivity contribution in [3.8, 4) is 0 Å². The number of amides is 1. The smallest absolute Gasteiger partial charge is 0.274 e. The Morgan fingerprint density at radius 3 is 2.61 bits per heavy atom. The molecule has 1 aliphatic heterocycles. The van der Waals surface area contributed by atoms with Crippen molar-refractivity contribution in [2.45, 2.75) is 20.4 Å². The van der Waals surface area contributed by atoms with Crippen molar-refractivity contribution in [1.82, 2.24) is 14.7 Å². The number of carbonyl (C=O) groups excluding carboxylic acids is 1. The van der Waals surface area contributed by atoms with Gasteiger partial charge in [0.15, 0.2) is 0 Å². The third-order valence-corrected chi connectivity index (χ3v) is 4.42. The summed E-state index contributed by atoms with van der Waals surface area (Å²) in [6.07, 6.45) is 0. The van der Waals surface area contributed by atoms with Gasteiger partial charge < -0.3 is 10.6 Å². The van der Waals surface area contributed by atoms with Crippen LogP contribution in [0, 0.1) is 6.92 Å². The van der Waals surface area contributed by atoms with Gasteiger partial charge in [-0.15, -0.1) is 0 Å². The van der Waals surface area contributed by atoms with Gasteiger partial charge in [0.2, 0.25) is 0 Å². The van der Waals surface area contributed by atoms with Crippen LogP contribution in [0.1, 0.15) is 23.1 Å². The second-order valence-electron chi connectivity index (χ2n) is 4.30. The number of nitrogens with zero attached hydrogens (tertiary/aromatic N) is 3. The molecule has 1 aliphatic rings. The number of carbonyl (C=O) groups is 1. The molecule has 1 saturated heterocycles. The Balaban J connectivity index is 2.25. The van der Waals surface area contributed by atoms with Gasteiger partial charge >= 0.3 is 0 Å². The van der Waals surface area contributed by atoms with Crippen LogP contribution in [-0.2, 0) is 17.3 Å². The lowest BCUT2D eigenvalue weighted by Crippen LogP contribution is -2.42. The fourth-order valence-electron chi connectivity index (χ4n) is 2.04. The van der Waals surface area contributed by atoms with Gasteiger partial charge in [-0.2, -0.15) is 5.10 Å². The average Bonchev–Trinajstić information content (AvgIpc) is 2.65. The topological polar surface area (TPSA) is 81.2 Å². The summed E-state index contributed by atoms with van der Waals surface area (Å²) in [6.45, 7) is 5.38. The first kappa shape index (κ1) is 13.1. The molecule has 18 heavy (non-hydrogen) atoms. The number of hydrogen-bond acceptors (Lipinski definition) is 4. The van der Waals surface area contributed by atoms with E-state index in [1.165, 1.54) is 0 Å². The summed E-state index contributed by atoms with van der Waals surface area (Å²) in [6, 6.07) is 0. The van der Waals surface area contributed by atoms with Crippen molar-refractivity contribution in [1.29, 1.82) is 0 Å². The maximum atomic E-state index is 12.4. The zero-order valence-electron chi connectivity index (χ0n) is 10.7. The number of anilines is 1. The molecule has 0 aliphatic carbocycles. The zero-order valence-corrected chi connectivity index (χ0v) is 11.5. The summed E-state index contributed by atoms with van der Waals surface area (Å²) < 4.78 is 12.9. The average molecular weight is 270 g/mol. The van der Waals surface area contributed by atoms with E-state index in [1.807, 2.05) is 6.92 Å². The maximum absolute atomic E-state index is 12.4. The molecule has 2 heterocycles. The largest absolute Gasteiger partial charge is 0.395 e. The molecular formula is C11H18N4O2S. The Morgan fingerprint density at radius 1 is 1.44 bits per heavy atom. The van der Waals surface area contributed by atoms with E-state index in [4.69, 9.17) is 5.73 Å². The van der Waals surface area contributed by atoms with Crippen molar-refractivity contribution < 1.29 is 9.00 Å². The fraction of sp³-hybridized carbons (Fsp3) is 0.636. The maximum Gasteiger partial charge on any atom is 0.274 e. The summed E-state index contributed by atoms with van der Waals surface area (Å²) >= 11 is 0. The molecule has 0 spiro atoms. The van der Waals surface area contributed by atoms with Crippen LogP contribution in [0.4, 0.5) is 5.69 Å². The molecule has 1 fully saturated rings. The molecule has 1 aromatic heterocycles. The number of nitrogen functional groups attached to an aromatic ring is 1. The molecule has 100 valence electrons. The highest BCUT2D eigenvalue weighted by Gasteiger charge is 2.26. The third kappa shape index (κ3) is 2.27. The highest BCUT2D eigenvalue weighted by Crippen LogP contribution is 2.19. The number of hydrogen-bond donors (Lipinski definition) is 1. The molecule has 0 bridgehead atoms. The van der Waals surface area contributed by atoms with Gasteiger partial charge in [0.05, 0.1) is 11.4 Å². The van der Waals surface area contributed by atoms with E-state index >= 15 is 0 Å². The van der Waals surface area contributed by atoms with E-state index in [0.717, 1.165) is 0 Å². The van der Waals surface area contributed by atoms with E-state index in [0.29, 0.717) is 48.2 Å². The molecule has 1 amide bonds. The third-order valence-electron chi connectivity index (χ3n) is 3.14. The Kier molecular flexibility index (Phi) is 3.70. The van der Waals surface area contributed by atoms with Crippen LogP contribution in [0.5, 0.6) is 0 Å². The number of aryl methyl sites for hydroxylation is 2. The molecule has 0 radical (unpaired) electrons. The van der Waals surface area contributed by atoms with Crippen LogP contribution in [0.2, 0.25) is 0 Å². The molecule has 6 nitrogen and oxygen atoms in total. The monoisotopic (exact) mass is 270 g/mol. The highest BCUT2D eigenvalue weighted by molar-refractivity contribution is 7.85. The van der Waals surface area contributed by atoms with Gasteiger partial charge in [0.1, 0.15) is 5.69 Å². The van der Waals surface area contributed by atoms with E-state index in [1.54, 1.807) is 16.5 Å². The Bertz CT molecular complexity index is 487. The second-order valence-corrected chi connectivity index (χ2v) is 6.00. The summed E-state index contributed by atoms with van der Waals surface area (Å²) in [5.41, 5.74) is 7.52. The van der Waals surface area contributed by atoms with Gasteiger partial charge in [-0.1, -0.05) is 0 Å². The molecule has 0 saturated carbocycles. The van der Waals surface area contributed by atoms with Gasteiger partial charge in [-0.3, -0.25) is 13.7 Å². The van der Waals surface area contributed by atoms with Crippen LogP contribution in [0.15, 0.2) is 0 Å². The number of aromatic nitrogens is 2. The SMILES string of the molecule is CCn1nc(C)c(N)c1C(=O)N1CCS(=O)CC1. The normalized spacial score (nSPS) is 17.1. The van der Waals surface area contributed by atoms with Crippen LogP contribution in [-0.4, -0.2) is 49.4 Å². The summed E-state index contributed by atoms with van der Waals surface area (Å²) in [5, 5.41) is 4.24. The fourth-order valence-corrected chi connectivity index (χ4v) is 3.09. The summed E-state index contributed by atoms with van der Waals surface area (Å²) in [5.74, 6) is 0.988. The van der Waals surface area contributed by atoms with Gasteiger partial charge in [-0.25, -0.2) is 0 Å². The lowest BCUT2D eigenvalue weighted by molar-refractivity contribution is 0.0760. The van der Waals surface area contributed by atoms with Crippen molar-refractivity contribution in [2.75, 3.05) is 30.3 Å². The van der Waals surface area contributed by atoms with Crippen molar-refractivity contribution in [3.05, 3.63) is 11.4 Å². The van der Waals surface area contributed by atoms with E-state index < -0.39 is 10.8 Å². The molecule has 2 rings (SSSR count). The lowest BCUT2D eigenvalue weighted by Gasteiger charge is -2.26. The van der Waals surface area contributed by atoms with Crippen molar-refractivity contribution in [3.63, 3.8) is 0 Å². The van der Waals surface area contributed by atoms with Crippen molar-refractivity contribution >= 4 is 22.4 Å². The van der Waals surface area contributed by atoms with Crippen LogP contribution in [0.25, 0.3) is 0 Å². The first-order valence-electron chi connectivity index (χ1n) is 6.01. The molecule has 2 N–H and O–H groups in total. The minimum absolute atomic E-state index is 0.105. The van der Waals surface area contributed by atoms with E-state index in [9.17, 15) is 9.00 Å². The lowest BCUT2D eigenvalue weighted by atomic mass is 10.2. The summed E-state index contributed by atoms with van der Waals surface area (Å²) in [7, 11) is -0.789. The minimum Gasteiger partial charge on any atom is -0.395 e. The molecule has 0 atom stereocenters. The first-order valence-corrected chi connectivity index (χ1v) is 7.50. The Labute approximate surface area is 109 Å². The second kappa shape index (κ2) is 5.09. The quantitative estimate of drug-likeness (QED) is 0.820. The van der Waals surface area contributed by atoms with Crippen LogP contribution < -0.4 is 5.73 Å². The molecular weight excluding hydrogens is 252 g/mol. The van der Waals surface area contributed by atoms with Gasteiger partial charge in [-0.05, 0) is 13.8 Å².